The van der Waals surface area contributed by atoms with E-state index >= 15 is 0 Å². The lowest BCUT2D eigenvalue weighted by Gasteiger charge is -2.42. The molecule has 3 nitrogen and oxygen atoms in total. The van der Waals surface area contributed by atoms with E-state index in [-0.39, 0.29) is 0 Å². The number of rotatable bonds is 3. The fraction of sp³-hybridized carbons (Fsp3) is 0.667. The minimum atomic E-state index is 0.498. The van der Waals surface area contributed by atoms with E-state index in [1.165, 1.54) is 5.70 Å². The quantitative estimate of drug-likeness (QED) is 0.762. The zero-order valence-corrected chi connectivity index (χ0v) is 10.3. The minimum absolute atomic E-state index is 0.498. The average Bonchev–Trinajstić information content (AvgIpc) is 2.17. The summed E-state index contributed by atoms with van der Waals surface area (Å²) in [6, 6.07) is 1.10. The van der Waals surface area contributed by atoms with Gasteiger partial charge in [-0.1, -0.05) is 6.58 Å². The summed E-state index contributed by atoms with van der Waals surface area (Å²) in [4.78, 5) is 4.73. The van der Waals surface area contributed by atoms with Crippen molar-refractivity contribution in [2.75, 3.05) is 20.1 Å². The highest BCUT2D eigenvalue weighted by Crippen LogP contribution is 2.20. The van der Waals surface area contributed by atoms with Gasteiger partial charge in [0.05, 0.1) is 0 Å². The Bertz CT molecular complexity index is 245. The normalized spacial score (nSPS) is 26.1. The summed E-state index contributed by atoms with van der Waals surface area (Å²) in [6.45, 7) is 12.7. The molecule has 0 unspecified atom stereocenters. The van der Waals surface area contributed by atoms with E-state index in [0.29, 0.717) is 12.1 Å². The Balaban J connectivity index is 2.81. The van der Waals surface area contributed by atoms with Gasteiger partial charge >= 0.3 is 0 Å². The van der Waals surface area contributed by atoms with Crippen LogP contribution in [0.3, 0.4) is 0 Å². The maximum absolute atomic E-state index is 3.88. The molecule has 1 heterocycles. The second-order valence-corrected chi connectivity index (χ2v) is 4.39. The van der Waals surface area contributed by atoms with Crippen molar-refractivity contribution < 1.29 is 0 Å². The van der Waals surface area contributed by atoms with Gasteiger partial charge in [0.2, 0.25) is 0 Å². The summed E-state index contributed by atoms with van der Waals surface area (Å²) in [5.41, 5.74) is 1.29. The molecule has 1 aliphatic rings. The lowest BCUT2D eigenvalue weighted by atomic mass is 10.1. The standard InChI is InChI=1S/C12H23N3/c1-6-15-11(4)8-14(10(2)3)9-12(15)7-13-5/h6-7,10-11,13H,1,8-9H2,2-5H3/b12-7-/t11-/m1/s1. The number of hydrogen-bond acceptors (Lipinski definition) is 3. The highest BCUT2D eigenvalue weighted by molar-refractivity contribution is 5.11. The fourth-order valence-electron chi connectivity index (χ4n) is 2.04. The van der Waals surface area contributed by atoms with Gasteiger partial charge in [-0.25, -0.2) is 0 Å². The van der Waals surface area contributed by atoms with Crippen molar-refractivity contribution >= 4 is 0 Å². The van der Waals surface area contributed by atoms with Crippen LogP contribution in [0.1, 0.15) is 20.8 Å². The molecule has 0 amide bonds. The molecular formula is C12H23N3. The van der Waals surface area contributed by atoms with Crippen LogP contribution in [0.2, 0.25) is 0 Å². The second kappa shape index (κ2) is 5.21. The van der Waals surface area contributed by atoms with Gasteiger partial charge in [-0.3, -0.25) is 4.90 Å². The number of nitrogens with one attached hydrogen (secondary N) is 1. The van der Waals surface area contributed by atoms with Crippen LogP contribution in [-0.2, 0) is 0 Å². The number of nitrogens with zero attached hydrogens (tertiary/aromatic N) is 2. The average molecular weight is 209 g/mol. The predicted octanol–water partition coefficient (Wildman–Crippen LogP) is 1.61. The van der Waals surface area contributed by atoms with Crippen LogP contribution in [0.25, 0.3) is 0 Å². The molecule has 0 aromatic carbocycles. The molecule has 3 heteroatoms. The van der Waals surface area contributed by atoms with Crippen LogP contribution < -0.4 is 5.32 Å². The summed E-state index contributed by atoms with van der Waals surface area (Å²) in [5, 5.41) is 3.10. The van der Waals surface area contributed by atoms with Crippen molar-refractivity contribution in [2.45, 2.75) is 32.9 Å². The summed E-state index contributed by atoms with van der Waals surface area (Å²) in [6.07, 6.45) is 3.98. The molecule has 1 atom stereocenters. The predicted molar refractivity (Wildman–Crippen MR) is 65.3 cm³/mol. The molecule has 1 aliphatic heterocycles. The van der Waals surface area contributed by atoms with Gasteiger partial charge < -0.3 is 10.2 Å². The van der Waals surface area contributed by atoms with Gasteiger partial charge in [0.25, 0.3) is 0 Å². The topological polar surface area (TPSA) is 18.5 Å². The van der Waals surface area contributed by atoms with Gasteiger partial charge in [0, 0.05) is 44.1 Å². The summed E-state index contributed by atoms with van der Waals surface area (Å²) < 4.78 is 0. The molecule has 0 spiro atoms. The molecule has 1 saturated heterocycles. The van der Waals surface area contributed by atoms with Crippen molar-refractivity contribution in [1.29, 1.82) is 0 Å². The van der Waals surface area contributed by atoms with Crippen molar-refractivity contribution in [3.05, 3.63) is 24.7 Å². The van der Waals surface area contributed by atoms with Crippen LogP contribution >= 0.6 is 0 Å². The molecule has 0 radical (unpaired) electrons. The van der Waals surface area contributed by atoms with Gasteiger partial charge in [-0.2, -0.15) is 0 Å². The first-order chi connectivity index (χ1) is 7.10. The van der Waals surface area contributed by atoms with Crippen LogP contribution in [0.5, 0.6) is 0 Å². The van der Waals surface area contributed by atoms with Gasteiger partial charge in [-0.05, 0) is 27.0 Å². The zero-order chi connectivity index (χ0) is 11.4. The SMILES string of the molecule is C=CN1/C(=C\NC)CN(C(C)C)C[C@H]1C. The van der Waals surface area contributed by atoms with E-state index in [4.69, 9.17) is 0 Å². The van der Waals surface area contributed by atoms with Crippen LogP contribution in [-0.4, -0.2) is 42.0 Å². The molecule has 0 aromatic rings. The second-order valence-electron chi connectivity index (χ2n) is 4.39. The highest BCUT2D eigenvalue weighted by Gasteiger charge is 2.26. The molecule has 1 N–H and O–H groups in total. The van der Waals surface area contributed by atoms with Gasteiger partial charge in [0.15, 0.2) is 0 Å². The third-order valence-electron chi connectivity index (χ3n) is 2.91. The van der Waals surface area contributed by atoms with E-state index in [2.05, 4.69) is 48.7 Å². The van der Waals surface area contributed by atoms with Crippen molar-refractivity contribution in [2.24, 2.45) is 0 Å². The maximum atomic E-state index is 3.88. The number of hydrogen-bond donors (Lipinski definition) is 1. The van der Waals surface area contributed by atoms with Crippen molar-refractivity contribution in [3.63, 3.8) is 0 Å². The Kier molecular flexibility index (Phi) is 4.21. The molecule has 15 heavy (non-hydrogen) atoms. The zero-order valence-electron chi connectivity index (χ0n) is 10.3. The molecular weight excluding hydrogens is 186 g/mol. The van der Waals surface area contributed by atoms with Crippen molar-refractivity contribution in [1.82, 2.24) is 15.1 Å². The van der Waals surface area contributed by atoms with E-state index in [1.807, 2.05) is 13.2 Å². The summed E-state index contributed by atoms with van der Waals surface area (Å²) in [5.74, 6) is 0. The maximum Gasteiger partial charge on any atom is 0.0478 e. The molecule has 0 aliphatic carbocycles. The lowest BCUT2D eigenvalue weighted by Crippen LogP contribution is -2.50. The smallest absolute Gasteiger partial charge is 0.0478 e. The Morgan fingerprint density at radius 1 is 1.53 bits per heavy atom. The van der Waals surface area contributed by atoms with Crippen molar-refractivity contribution in [3.8, 4) is 0 Å². The Labute approximate surface area is 93.4 Å². The van der Waals surface area contributed by atoms with E-state index in [9.17, 15) is 0 Å². The van der Waals surface area contributed by atoms with Crippen LogP contribution in [0.4, 0.5) is 0 Å². The first-order valence-corrected chi connectivity index (χ1v) is 5.61. The van der Waals surface area contributed by atoms with E-state index in [0.717, 1.165) is 13.1 Å². The third-order valence-corrected chi connectivity index (χ3v) is 2.91. The largest absolute Gasteiger partial charge is 0.393 e. The molecule has 1 rings (SSSR count). The summed E-state index contributed by atoms with van der Waals surface area (Å²) >= 11 is 0. The van der Waals surface area contributed by atoms with Crippen LogP contribution in [0.15, 0.2) is 24.7 Å². The van der Waals surface area contributed by atoms with E-state index in [1.54, 1.807) is 0 Å². The molecule has 86 valence electrons. The number of piperazine rings is 1. The highest BCUT2D eigenvalue weighted by atomic mass is 15.3. The third kappa shape index (κ3) is 2.75. The Morgan fingerprint density at radius 3 is 2.67 bits per heavy atom. The lowest BCUT2D eigenvalue weighted by molar-refractivity contribution is 0.131. The minimum Gasteiger partial charge on any atom is -0.393 e. The molecule has 0 saturated carbocycles. The van der Waals surface area contributed by atoms with Crippen LogP contribution in [0, 0.1) is 0 Å². The Morgan fingerprint density at radius 2 is 2.20 bits per heavy atom. The molecule has 0 aromatic heterocycles. The molecule has 1 fully saturated rings. The summed E-state index contributed by atoms with van der Waals surface area (Å²) in [7, 11) is 1.94. The molecule has 0 bridgehead atoms. The monoisotopic (exact) mass is 209 g/mol. The first-order valence-electron chi connectivity index (χ1n) is 5.61. The van der Waals surface area contributed by atoms with E-state index < -0.39 is 0 Å². The first kappa shape index (κ1) is 12.1. The fourth-order valence-corrected chi connectivity index (χ4v) is 2.04. The van der Waals surface area contributed by atoms with Gasteiger partial charge in [0.1, 0.15) is 0 Å². The van der Waals surface area contributed by atoms with Gasteiger partial charge in [-0.15, -0.1) is 0 Å². The Hall–Kier alpha value is -0.960.